The van der Waals surface area contributed by atoms with E-state index in [0.717, 1.165) is 38.8 Å². The molecule has 2 fully saturated rings. The van der Waals surface area contributed by atoms with Crippen molar-refractivity contribution in [3.63, 3.8) is 0 Å². The zero-order valence-electron chi connectivity index (χ0n) is 13.3. The summed E-state index contributed by atoms with van der Waals surface area (Å²) >= 11 is 0. The minimum absolute atomic E-state index is 0.150. The van der Waals surface area contributed by atoms with Gasteiger partial charge in [0.2, 0.25) is 5.91 Å². The summed E-state index contributed by atoms with van der Waals surface area (Å²) in [6.45, 7) is 3.07. The first-order valence-corrected chi connectivity index (χ1v) is 8.28. The van der Waals surface area contributed by atoms with Crippen molar-refractivity contribution in [3.8, 4) is 0 Å². The number of nitrogens with two attached hydrogens (primary N) is 1. The van der Waals surface area contributed by atoms with E-state index in [0.29, 0.717) is 25.4 Å². The number of nitrogen functional groups attached to an aromatic ring is 1. The van der Waals surface area contributed by atoms with Gasteiger partial charge in [-0.1, -0.05) is 0 Å². The first-order chi connectivity index (χ1) is 11.1. The van der Waals surface area contributed by atoms with Crippen LogP contribution in [0.15, 0.2) is 12.4 Å². The molecule has 0 aromatic carbocycles. The van der Waals surface area contributed by atoms with Gasteiger partial charge in [0.15, 0.2) is 11.5 Å². The Morgan fingerprint density at radius 2 is 1.91 bits per heavy atom. The molecule has 0 saturated carbocycles. The lowest BCUT2D eigenvalue weighted by molar-refractivity contribution is -0.134. The first-order valence-electron chi connectivity index (χ1n) is 8.28. The van der Waals surface area contributed by atoms with Crippen LogP contribution in [0, 0.1) is 5.92 Å². The van der Waals surface area contributed by atoms with Crippen molar-refractivity contribution >= 4 is 17.6 Å². The number of piperidine rings is 2. The van der Waals surface area contributed by atoms with Crippen molar-refractivity contribution in [2.24, 2.45) is 5.92 Å². The Kier molecular flexibility index (Phi) is 4.73. The van der Waals surface area contributed by atoms with Gasteiger partial charge in [-0.25, -0.2) is 9.97 Å². The second-order valence-corrected chi connectivity index (χ2v) is 6.32. The van der Waals surface area contributed by atoms with Gasteiger partial charge in [0, 0.05) is 45.0 Å². The van der Waals surface area contributed by atoms with Crippen LogP contribution in [0.2, 0.25) is 0 Å². The summed E-state index contributed by atoms with van der Waals surface area (Å²) in [6.07, 6.45) is 7.60. The van der Waals surface area contributed by atoms with Crippen molar-refractivity contribution in [3.05, 3.63) is 18.1 Å². The standard InChI is InChI=1S/C16H23N5O2/c17-15-14(18-6-7-19-15)16(23)20-9-4-12(5-10-20)11-21-8-2-1-3-13(21)22/h6-7,12H,1-5,8-11H2,(H2,17,19). The summed E-state index contributed by atoms with van der Waals surface area (Å²) in [5, 5.41) is 0. The number of rotatable bonds is 3. The van der Waals surface area contributed by atoms with Gasteiger partial charge in [-0.05, 0) is 31.6 Å². The average Bonchev–Trinajstić information content (AvgIpc) is 2.57. The minimum Gasteiger partial charge on any atom is -0.382 e. The topological polar surface area (TPSA) is 92.4 Å². The summed E-state index contributed by atoms with van der Waals surface area (Å²) in [4.78, 5) is 36.1. The molecule has 1 aromatic rings. The van der Waals surface area contributed by atoms with Gasteiger partial charge in [0.25, 0.3) is 5.91 Å². The lowest BCUT2D eigenvalue weighted by Gasteiger charge is -2.36. The van der Waals surface area contributed by atoms with Crippen molar-refractivity contribution < 1.29 is 9.59 Å². The highest BCUT2D eigenvalue weighted by Crippen LogP contribution is 2.22. The molecule has 0 bridgehead atoms. The molecule has 7 heteroatoms. The molecule has 2 aliphatic heterocycles. The largest absolute Gasteiger partial charge is 0.382 e. The van der Waals surface area contributed by atoms with E-state index in [-0.39, 0.29) is 23.3 Å². The summed E-state index contributed by atoms with van der Waals surface area (Å²) in [7, 11) is 0. The van der Waals surface area contributed by atoms with Gasteiger partial charge in [0.1, 0.15) is 0 Å². The number of hydrogen-bond donors (Lipinski definition) is 1. The van der Waals surface area contributed by atoms with Crippen LogP contribution in [-0.4, -0.2) is 57.8 Å². The number of amides is 2. The Balaban J connectivity index is 1.53. The molecule has 0 radical (unpaired) electrons. The molecule has 2 amide bonds. The predicted octanol–water partition coefficient (Wildman–Crippen LogP) is 0.923. The van der Waals surface area contributed by atoms with Crippen LogP contribution in [0.25, 0.3) is 0 Å². The summed E-state index contributed by atoms with van der Waals surface area (Å²) < 4.78 is 0. The number of carbonyl (C=O) groups excluding carboxylic acids is 2. The number of carbonyl (C=O) groups is 2. The van der Waals surface area contributed by atoms with Crippen LogP contribution < -0.4 is 5.73 Å². The van der Waals surface area contributed by atoms with Gasteiger partial charge in [-0.3, -0.25) is 9.59 Å². The highest BCUT2D eigenvalue weighted by molar-refractivity contribution is 5.96. The van der Waals surface area contributed by atoms with E-state index in [9.17, 15) is 9.59 Å². The van der Waals surface area contributed by atoms with E-state index in [4.69, 9.17) is 5.73 Å². The fourth-order valence-electron chi connectivity index (χ4n) is 3.35. The maximum Gasteiger partial charge on any atom is 0.276 e. The Bertz CT molecular complexity index is 584. The molecular formula is C16H23N5O2. The third-order valence-electron chi connectivity index (χ3n) is 4.73. The molecule has 2 aliphatic rings. The van der Waals surface area contributed by atoms with E-state index < -0.39 is 0 Å². The van der Waals surface area contributed by atoms with Crippen LogP contribution in [0.1, 0.15) is 42.6 Å². The van der Waals surface area contributed by atoms with Gasteiger partial charge >= 0.3 is 0 Å². The number of hydrogen-bond acceptors (Lipinski definition) is 5. The Morgan fingerprint density at radius 1 is 1.17 bits per heavy atom. The first kappa shape index (κ1) is 15.7. The van der Waals surface area contributed by atoms with E-state index in [1.54, 1.807) is 4.90 Å². The zero-order chi connectivity index (χ0) is 16.2. The fourth-order valence-corrected chi connectivity index (χ4v) is 3.35. The third kappa shape index (κ3) is 3.60. The molecule has 3 heterocycles. The second kappa shape index (κ2) is 6.93. The monoisotopic (exact) mass is 317 g/mol. The molecule has 0 atom stereocenters. The predicted molar refractivity (Wildman–Crippen MR) is 85.5 cm³/mol. The van der Waals surface area contributed by atoms with Gasteiger partial charge in [0.05, 0.1) is 0 Å². The summed E-state index contributed by atoms with van der Waals surface area (Å²) in [5.41, 5.74) is 5.96. The van der Waals surface area contributed by atoms with Crippen LogP contribution in [0.4, 0.5) is 5.82 Å². The van der Waals surface area contributed by atoms with Crippen molar-refractivity contribution in [2.75, 3.05) is 31.9 Å². The second-order valence-electron chi connectivity index (χ2n) is 6.32. The summed E-state index contributed by atoms with van der Waals surface area (Å²) in [5.74, 6) is 0.782. The Labute approximate surface area is 135 Å². The van der Waals surface area contributed by atoms with E-state index in [1.165, 1.54) is 12.4 Å². The fraction of sp³-hybridized carbons (Fsp3) is 0.625. The number of aromatic nitrogens is 2. The zero-order valence-corrected chi connectivity index (χ0v) is 13.3. The van der Waals surface area contributed by atoms with Gasteiger partial charge in [-0.15, -0.1) is 0 Å². The third-order valence-corrected chi connectivity index (χ3v) is 4.73. The lowest BCUT2D eigenvalue weighted by atomic mass is 9.95. The highest BCUT2D eigenvalue weighted by Gasteiger charge is 2.28. The van der Waals surface area contributed by atoms with Crippen LogP contribution >= 0.6 is 0 Å². The SMILES string of the molecule is Nc1nccnc1C(=O)N1CCC(CN2CCCCC2=O)CC1. The molecule has 124 valence electrons. The minimum atomic E-state index is -0.150. The maximum absolute atomic E-state index is 12.4. The van der Waals surface area contributed by atoms with E-state index >= 15 is 0 Å². The van der Waals surface area contributed by atoms with Gasteiger partial charge < -0.3 is 15.5 Å². The lowest BCUT2D eigenvalue weighted by Crippen LogP contribution is -2.44. The molecule has 23 heavy (non-hydrogen) atoms. The average molecular weight is 317 g/mol. The smallest absolute Gasteiger partial charge is 0.276 e. The molecule has 1 aromatic heterocycles. The number of anilines is 1. The van der Waals surface area contributed by atoms with Crippen molar-refractivity contribution in [2.45, 2.75) is 32.1 Å². The molecule has 2 saturated heterocycles. The normalized spacial score (nSPS) is 19.9. The number of nitrogens with zero attached hydrogens (tertiary/aromatic N) is 4. The highest BCUT2D eigenvalue weighted by atomic mass is 16.2. The molecule has 0 aliphatic carbocycles. The molecule has 2 N–H and O–H groups in total. The molecule has 0 unspecified atom stereocenters. The van der Waals surface area contributed by atoms with E-state index in [1.807, 2.05) is 4.90 Å². The number of likely N-dealkylation sites (tertiary alicyclic amines) is 2. The van der Waals surface area contributed by atoms with Gasteiger partial charge in [-0.2, -0.15) is 0 Å². The molecule has 0 spiro atoms. The quantitative estimate of drug-likeness (QED) is 0.895. The molecular weight excluding hydrogens is 294 g/mol. The van der Waals surface area contributed by atoms with Crippen molar-refractivity contribution in [1.82, 2.24) is 19.8 Å². The molecule has 3 rings (SSSR count). The van der Waals surface area contributed by atoms with Crippen molar-refractivity contribution in [1.29, 1.82) is 0 Å². The van der Waals surface area contributed by atoms with Crippen LogP contribution in [0.3, 0.4) is 0 Å². The maximum atomic E-state index is 12.4. The summed E-state index contributed by atoms with van der Waals surface area (Å²) in [6, 6.07) is 0. The Morgan fingerprint density at radius 3 is 2.61 bits per heavy atom. The molecule has 7 nitrogen and oxygen atoms in total. The van der Waals surface area contributed by atoms with Crippen LogP contribution in [0.5, 0.6) is 0 Å². The van der Waals surface area contributed by atoms with Crippen LogP contribution in [-0.2, 0) is 4.79 Å². The Hall–Kier alpha value is -2.18. The van der Waals surface area contributed by atoms with E-state index in [2.05, 4.69) is 9.97 Å².